The molecule has 1 aromatic rings. The molecule has 2 N–H and O–H groups in total. The summed E-state index contributed by atoms with van der Waals surface area (Å²) in [5.74, 6) is 2.48. The summed E-state index contributed by atoms with van der Waals surface area (Å²) in [4.78, 5) is 0. The van der Waals surface area contributed by atoms with Gasteiger partial charge in [-0.05, 0) is 42.4 Å². The first-order chi connectivity index (χ1) is 8.81. The van der Waals surface area contributed by atoms with Crippen LogP contribution in [0.4, 0.5) is 5.69 Å². The maximum Gasteiger partial charge on any atom is 0.0419 e. The summed E-state index contributed by atoms with van der Waals surface area (Å²) < 4.78 is 0. The fraction of sp³-hybridized carbons (Fsp3) is 0.600. The molecule has 3 heteroatoms. The molecular formula is C15H24N2S. The highest BCUT2D eigenvalue weighted by atomic mass is 32.2. The second-order valence-corrected chi connectivity index (χ2v) is 6.29. The van der Waals surface area contributed by atoms with E-state index in [1.807, 2.05) is 11.8 Å². The van der Waals surface area contributed by atoms with Gasteiger partial charge in [0.25, 0.3) is 0 Å². The molecule has 2 nitrogen and oxygen atoms in total. The van der Waals surface area contributed by atoms with Crippen molar-refractivity contribution in [2.24, 2.45) is 0 Å². The van der Waals surface area contributed by atoms with E-state index in [2.05, 4.69) is 42.7 Å². The minimum Gasteiger partial charge on any atom is -0.384 e. The van der Waals surface area contributed by atoms with Crippen LogP contribution in [-0.2, 0) is 13.0 Å². The van der Waals surface area contributed by atoms with E-state index in [4.69, 9.17) is 0 Å². The predicted molar refractivity (Wildman–Crippen MR) is 82.6 cm³/mol. The van der Waals surface area contributed by atoms with Gasteiger partial charge in [0.1, 0.15) is 0 Å². The molecule has 1 heterocycles. The van der Waals surface area contributed by atoms with Crippen LogP contribution in [0.5, 0.6) is 0 Å². The predicted octanol–water partition coefficient (Wildman–Crippen LogP) is 3.28. The second kappa shape index (κ2) is 7.05. The van der Waals surface area contributed by atoms with Gasteiger partial charge in [-0.3, -0.25) is 0 Å². The number of hydrogen-bond donors (Lipinski definition) is 2. The molecule has 0 aromatic heterocycles. The van der Waals surface area contributed by atoms with Crippen LogP contribution in [0.3, 0.4) is 0 Å². The minimum absolute atomic E-state index is 0.598. The van der Waals surface area contributed by atoms with Gasteiger partial charge in [0.15, 0.2) is 0 Å². The summed E-state index contributed by atoms with van der Waals surface area (Å²) in [6, 6.07) is 7.25. The molecule has 0 spiro atoms. The number of nitrogens with one attached hydrogen (secondary N) is 2. The Morgan fingerprint density at radius 2 is 2.33 bits per heavy atom. The summed E-state index contributed by atoms with van der Waals surface area (Å²) in [6.45, 7) is 6.58. The Balaban J connectivity index is 1.81. The van der Waals surface area contributed by atoms with Crippen LogP contribution < -0.4 is 10.6 Å². The van der Waals surface area contributed by atoms with Gasteiger partial charge in [-0.1, -0.05) is 25.1 Å². The van der Waals surface area contributed by atoms with Crippen LogP contribution in [0, 0.1) is 0 Å². The summed E-state index contributed by atoms with van der Waals surface area (Å²) in [6.07, 6.45) is 2.42. The molecule has 0 saturated heterocycles. The molecule has 1 aliphatic heterocycles. The van der Waals surface area contributed by atoms with E-state index in [1.165, 1.54) is 41.2 Å². The summed E-state index contributed by atoms with van der Waals surface area (Å²) in [5, 5.41) is 7.13. The number of anilines is 1. The first kappa shape index (κ1) is 13.8. The monoisotopic (exact) mass is 264 g/mol. The molecule has 1 unspecified atom stereocenters. The smallest absolute Gasteiger partial charge is 0.0419 e. The Morgan fingerprint density at radius 3 is 3.17 bits per heavy atom. The van der Waals surface area contributed by atoms with Crippen molar-refractivity contribution in [3.8, 4) is 0 Å². The Labute approximate surface area is 115 Å². The van der Waals surface area contributed by atoms with E-state index >= 15 is 0 Å². The average Bonchev–Trinajstić information content (AvgIpc) is 2.85. The van der Waals surface area contributed by atoms with Gasteiger partial charge in [0, 0.05) is 24.8 Å². The normalized spacial score (nSPS) is 15.2. The van der Waals surface area contributed by atoms with Gasteiger partial charge >= 0.3 is 0 Å². The lowest BCUT2D eigenvalue weighted by Crippen LogP contribution is -2.26. The molecule has 1 aromatic carbocycles. The van der Waals surface area contributed by atoms with Crippen LogP contribution in [0.2, 0.25) is 0 Å². The molecule has 0 fully saturated rings. The van der Waals surface area contributed by atoms with Crippen LogP contribution >= 0.6 is 11.8 Å². The van der Waals surface area contributed by atoms with Gasteiger partial charge in [-0.15, -0.1) is 0 Å². The Hall–Kier alpha value is -0.670. The van der Waals surface area contributed by atoms with Gasteiger partial charge in [0.05, 0.1) is 0 Å². The lowest BCUT2D eigenvalue weighted by atomic mass is 10.1. The molecule has 1 aliphatic rings. The van der Waals surface area contributed by atoms with Gasteiger partial charge in [0.2, 0.25) is 0 Å². The number of rotatable bonds is 7. The Kier molecular flexibility index (Phi) is 5.39. The van der Waals surface area contributed by atoms with Gasteiger partial charge < -0.3 is 10.6 Å². The molecule has 0 radical (unpaired) electrons. The minimum atomic E-state index is 0.598. The SMILES string of the molecule is CCSCCC(C)NCc1cccc2c1NCC2. The number of benzene rings is 1. The molecule has 0 amide bonds. The van der Waals surface area contributed by atoms with Crippen molar-refractivity contribution < 1.29 is 0 Å². The van der Waals surface area contributed by atoms with Crippen LogP contribution in [0.25, 0.3) is 0 Å². The number of thioether (sulfide) groups is 1. The zero-order chi connectivity index (χ0) is 12.8. The highest BCUT2D eigenvalue weighted by Gasteiger charge is 2.13. The molecule has 0 saturated carbocycles. The van der Waals surface area contributed by atoms with Crippen molar-refractivity contribution in [1.29, 1.82) is 0 Å². The fourth-order valence-electron chi connectivity index (χ4n) is 2.35. The van der Waals surface area contributed by atoms with Crippen molar-refractivity contribution in [2.45, 2.75) is 39.3 Å². The number of para-hydroxylation sites is 1. The van der Waals surface area contributed by atoms with Crippen LogP contribution in [0.1, 0.15) is 31.4 Å². The molecule has 100 valence electrons. The fourth-order valence-corrected chi connectivity index (χ4v) is 3.16. The van der Waals surface area contributed by atoms with Crippen molar-refractivity contribution >= 4 is 17.4 Å². The quantitative estimate of drug-likeness (QED) is 0.739. The Morgan fingerprint density at radius 1 is 1.44 bits per heavy atom. The standard InChI is InChI=1S/C15H24N2S/c1-3-18-10-8-12(2)17-11-14-6-4-5-13-7-9-16-15(13)14/h4-6,12,16-17H,3,7-11H2,1-2H3. The highest BCUT2D eigenvalue weighted by Crippen LogP contribution is 2.26. The summed E-state index contributed by atoms with van der Waals surface area (Å²) in [7, 11) is 0. The number of fused-ring (bicyclic) bond motifs is 1. The van der Waals surface area contributed by atoms with E-state index in [0.717, 1.165) is 13.1 Å². The van der Waals surface area contributed by atoms with E-state index in [9.17, 15) is 0 Å². The first-order valence-corrected chi connectivity index (χ1v) is 8.12. The zero-order valence-electron chi connectivity index (χ0n) is 11.5. The van der Waals surface area contributed by atoms with E-state index < -0.39 is 0 Å². The van der Waals surface area contributed by atoms with Crippen LogP contribution in [0.15, 0.2) is 18.2 Å². The van der Waals surface area contributed by atoms with Crippen molar-refractivity contribution in [3.63, 3.8) is 0 Å². The summed E-state index contributed by atoms with van der Waals surface area (Å²) >= 11 is 2.03. The highest BCUT2D eigenvalue weighted by molar-refractivity contribution is 7.99. The van der Waals surface area contributed by atoms with E-state index in [-0.39, 0.29) is 0 Å². The first-order valence-electron chi connectivity index (χ1n) is 6.97. The Bertz CT molecular complexity index is 379. The topological polar surface area (TPSA) is 24.1 Å². The lowest BCUT2D eigenvalue weighted by molar-refractivity contribution is 0.538. The largest absolute Gasteiger partial charge is 0.384 e. The molecular weight excluding hydrogens is 240 g/mol. The maximum atomic E-state index is 3.63. The van der Waals surface area contributed by atoms with Crippen LogP contribution in [-0.4, -0.2) is 24.1 Å². The number of hydrogen-bond acceptors (Lipinski definition) is 3. The molecule has 2 rings (SSSR count). The zero-order valence-corrected chi connectivity index (χ0v) is 12.3. The summed E-state index contributed by atoms with van der Waals surface area (Å²) in [5.41, 5.74) is 4.27. The van der Waals surface area contributed by atoms with Gasteiger partial charge in [-0.25, -0.2) is 0 Å². The van der Waals surface area contributed by atoms with Gasteiger partial charge in [-0.2, -0.15) is 11.8 Å². The molecule has 0 aliphatic carbocycles. The lowest BCUT2D eigenvalue weighted by Gasteiger charge is -2.15. The van der Waals surface area contributed by atoms with Crippen molar-refractivity contribution in [1.82, 2.24) is 5.32 Å². The van der Waals surface area contributed by atoms with E-state index in [0.29, 0.717) is 6.04 Å². The third-order valence-corrected chi connectivity index (χ3v) is 4.41. The van der Waals surface area contributed by atoms with Crippen molar-refractivity contribution in [3.05, 3.63) is 29.3 Å². The maximum absolute atomic E-state index is 3.63. The average molecular weight is 264 g/mol. The van der Waals surface area contributed by atoms with E-state index in [1.54, 1.807) is 0 Å². The molecule has 0 bridgehead atoms. The van der Waals surface area contributed by atoms with Crippen molar-refractivity contribution in [2.75, 3.05) is 23.4 Å². The third kappa shape index (κ3) is 3.66. The second-order valence-electron chi connectivity index (χ2n) is 4.90. The molecule has 1 atom stereocenters. The molecule has 18 heavy (non-hydrogen) atoms. The third-order valence-electron chi connectivity index (χ3n) is 3.47.